The van der Waals surface area contributed by atoms with E-state index in [-0.39, 0.29) is 10.7 Å². The van der Waals surface area contributed by atoms with Crippen LogP contribution in [-0.4, -0.2) is 41.8 Å². The maximum Gasteiger partial charge on any atom is 0.410 e. The molecule has 1 aromatic carbocycles. The molecule has 2 aromatic rings. The maximum absolute atomic E-state index is 12.6. The molecule has 0 fully saturated rings. The van der Waals surface area contributed by atoms with Crippen molar-refractivity contribution in [2.45, 2.75) is 51.2 Å². The molecular formula is C18H24N4O4S. The first kappa shape index (κ1) is 19.2. The van der Waals surface area contributed by atoms with E-state index in [0.717, 1.165) is 11.1 Å². The van der Waals surface area contributed by atoms with Crippen LogP contribution >= 0.6 is 0 Å². The van der Waals surface area contributed by atoms with Crippen molar-refractivity contribution < 1.29 is 17.9 Å². The third kappa shape index (κ3) is 4.41. The van der Waals surface area contributed by atoms with Crippen molar-refractivity contribution in [3.8, 4) is 0 Å². The molecule has 3 rings (SSSR count). The number of aryl methyl sites for hydroxylation is 1. The molecule has 27 heavy (non-hydrogen) atoms. The number of hydrogen-bond acceptors (Lipinski definition) is 5. The number of amides is 1. The Bertz CT molecular complexity index is 943. The van der Waals surface area contributed by atoms with Crippen LogP contribution in [0.2, 0.25) is 0 Å². The minimum atomic E-state index is -3.73. The fraction of sp³-hybridized carbons (Fsp3) is 0.444. The van der Waals surface area contributed by atoms with Crippen molar-refractivity contribution >= 4 is 21.9 Å². The predicted octanol–water partition coefficient (Wildman–Crippen LogP) is 2.81. The van der Waals surface area contributed by atoms with Crippen LogP contribution < -0.4 is 4.72 Å². The highest BCUT2D eigenvalue weighted by Crippen LogP contribution is 2.26. The van der Waals surface area contributed by atoms with E-state index in [4.69, 9.17) is 4.74 Å². The van der Waals surface area contributed by atoms with E-state index in [2.05, 4.69) is 14.9 Å². The van der Waals surface area contributed by atoms with Crippen molar-refractivity contribution in [3.63, 3.8) is 0 Å². The molecule has 2 N–H and O–H groups in total. The minimum Gasteiger partial charge on any atom is -0.444 e. The van der Waals surface area contributed by atoms with E-state index in [1.54, 1.807) is 29.2 Å². The van der Waals surface area contributed by atoms with Gasteiger partial charge < -0.3 is 9.64 Å². The van der Waals surface area contributed by atoms with Crippen molar-refractivity contribution in [2.24, 2.45) is 0 Å². The van der Waals surface area contributed by atoms with Gasteiger partial charge in [-0.3, -0.25) is 9.82 Å². The monoisotopic (exact) mass is 392 g/mol. The van der Waals surface area contributed by atoms with E-state index in [0.29, 0.717) is 25.2 Å². The van der Waals surface area contributed by atoms with Gasteiger partial charge in [0, 0.05) is 12.1 Å². The van der Waals surface area contributed by atoms with Crippen LogP contribution in [0.3, 0.4) is 0 Å². The van der Waals surface area contributed by atoms with Gasteiger partial charge >= 0.3 is 6.09 Å². The van der Waals surface area contributed by atoms with Gasteiger partial charge in [-0.2, -0.15) is 5.10 Å². The van der Waals surface area contributed by atoms with E-state index < -0.39 is 21.7 Å². The molecule has 8 nitrogen and oxygen atoms in total. The second-order valence-electron chi connectivity index (χ2n) is 7.60. The zero-order chi connectivity index (χ0) is 19.8. The summed E-state index contributed by atoms with van der Waals surface area (Å²) in [5.41, 5.74) is 1.88. The lowest BCUT2D eigenvalue weighted by Crippen LogP contribution is -2.39. The van der Waals surface area contributed by atoms with Crippen LogP contribution in [-0.2, 0) is 27.7 Å². The Morgan fingerprint density at radius 2 is 1.93 bits per heavy atom. The molecule has 0 spiro atoms. The van der Waals surface area contributed by atoms with Gasteiger partial charge in [-0.05, 0) is 46.2 Å². The number of ether oxygens (including phenoxy) is 1. The Morgan fingerprint density at radius 3 is 2.56 bits per heavy atom. The summed E-state index contributed by atoms with van der Waals surface area (Å²) in [5.74, 6) is 0.273. The SMILES string of the molecule is Cc1ccc(S(=O)(=O)Nc2n[nH]c3c2CCN(C(=O)OC(C)(C)C)C3)cc1. The standard InChI is InChI=1S/C18H24N4O4S/c1-12-5-7-13(8-6-12)27(24,25)21-16-14-9-10-22(11-15(14)19-20-16)17(23)26-18(2,3)4/h5-8H,9-11H2,1-4H3,(H2,19,20,21). The second-order valence-corrected chi connectivity index (χ2v) is 9.28. The fourth-order valence-electron chi connectivity index (χ4n) is 2.79. The van der Waals surface area contributed by atoms with Crippen molar-refractivity contribution in [3.05, 3.63) is 41.1 Å². The molecular weight excluding hydrogens is 368 g/mol. The Kier molecular flexibility index (Phi) is 4.90. The van der Waals surface area contributed by atoms with Crippen molar-refractivity contribution in [1.29, 1.82) is 0 Å². The first-order valence-electron chi connectivity index (χ1n) is 8.69. The molecule has 0 aliphatic carbocycles. The fourth-order valence-corrected chi connectivity index (χ4v) is 3.82. The predicted molar refractivity (Wildman–Crippen MR) is 101 cm³/mol. The molecule has 146 valence electrons. The molecule has 9 heteroatoms. The Hall–Kier alpha value is -2.55. The molecule has 0 radical (unpaired) electrons. The molecule has 2 heterocycles. The molecule has 0 saturated heterocycles. The summed E-state index contributed by atoms with van der Waals surface area (Å²) >= 11 is 0. The zero-order valence-corrected chi connectivity index (χ0v) is 16.7. The lowest BCUT2D eigenvalue weighted by atomic mass is 10.1. The quantitative estimate of drug-likeness (QED) is 0.836. The van der Waals surface area contributed by atoms with E-state index >= 15 is 0 Å². The molecule has 1 amide bonds. The van der Waals surface area contributed by atoms with Gasteiger partial charge in [0.1, 0.15) is 5.60 Å². The highest BCUT2D eigenvalue weighted by molar-refractivity contribution is 7.92. The number of benzene rings is 1. The van der Waals surface area contributed by atoms with Gasteiger partial charge in [0.15, 0.2) is 5.82 Å². The Balaban J connectivity index is 1.75. The van der Waals surface area contributed by atoms with E-state index in [9.17, 15) is 13.2 Å². The van der Waals surface area contributed by atoms with Crippen LogP contribution in [0.15, 0.2) is 29.2 Å². The van der Waals surface area contributed by atoms with E-state index in [1.165, 1.54) is 0 Å². The summed E-state index contributed by atoms with van der Waals surface area (Å²) in [5, 5.41) is 6.93. The van der Waals surface area contributed by atoms with Crippen LogP contribution in [0.1, 0.15) is 37.6 Å². The lowest BCUT2D eigenvalue weighted by molar-refractivity contribution is 0.0221. The number of carbonyl (C=O) groups excluding carboxylic acids is 1. The number of carbonyl (C=O) groups is 1. The first-order valence-corrected chi connectivity index (χ1v) is 10.2. The van der Waals surface area contributed by atoms with Crippen molar-refractivity contribution in [2.75, 3.05) is 11.3 Å². The van der Waals surface area contributed by atoms with Crippen LogP contribution in [0, 0.1) is 6.92 Å². The number of nitrogens with zero attached hydrogens (tertiary/aromatic N) is 2. The topological polar surface area (TPSA) is 104 Å². The largest absolute Gasteiger partial charge is 0.444 e. The highest BCUT2D eigenvalue weighted by Gasteiger charge is 2.29. The number of aromatic amines is 1. The average molecular weight is 392 g/mol. The summed E-state index contributed by atoms with van der Waals surface area (Å²) in [7, 11) is -3.73. The number of aromatic nitrogens is 2. The minimum absolute atomic E-state index is 0.177. The third-order valence-electron chi connectivity index (χ3n) is 4.15. The summed E-state index contributed by atoms with van der Waals surface area (Å²) in [6, 6.07) is 6.60. The smallest absolute Gasteiger partial charge is 0.410 e. The second kappa shape index (κ2) is 6.88. The third-order valence-corrected chi connectivity index (χ3v) is 5.50. The van der Waals surface area contributed by atoms with Crippen molar-refractivity contribution in [1.82, 2.24) is 15.1 Å². The Labute approximate surface area is 159 Å². The molecule has 1 aliphatic heterocycles. The number of rotatable bonds is 3. The molecule has 0 bridgehead atoms. The van der Waals surface area contributed by atoms with Gasteiger partial charge in [-0.1, -0.05) is 17.7 Å². The number of nitrogens with one attached hydrogen (secondary N) is 2. The van der Waals surface area contributed by atoms with Gasteiger partial charge in [0.25, 0.3) is 10.0 Å². The molecule has 0 atom stereocenters. The summed E-state index contributed by atoms with van der Waals surface area (Å²) < 4.78 is 33.1. The van der Waals surface area contributed by atoms with Gasteiger partial charge in [0.2, 0.25) is 0 Å². The number of fused-ring (bicyclic) bond motifs is 1. The van der Waals surface area contributed by atoms with Crippen LogP contribution in [0.25, 0.3) is 0 Å². The summed E-state index contributed by atoms with van der Waals surface area (Å²) in [4.78, 5) is 14.0. The summed E-state index contributed by atoms with van der Waals surface area (Å²) in [6.45, 7) is 8.06. The van der Waals surface area contributed by atoms with Gasteiger partial charge in [-0.25, -0.2) is 13.2 Å². The number of H-pyrrole nitrogens is 1. The highest BCUT2D eigenvalue weighted by atomic mass is 32.2. The number of sulfonamides is 1. The van der Waals surface area contributed by atoms with Crippen LogP contribution in [0.4, 0.5) is 10.6 Å². The number of hydrogen-bond donors (Lipinski definition) is 2. The van der Waals surface area contributed by atoms with Gasteiger partial charge in [-0.15, -0.1) is 0 Å². The molecule has 0 saturated carbocycles. The normalized spacial score (nSPS) is 14.6. The maximum atomic E-state index is 12.6. The van der Waals surface area contributed by atoms with E-state index in [1.807, 2.05) is 27.7 Å². The molecule has 1 aromatic heterocycles. The van der Waals surface area contributed by atoms with Crippen LogP contribution in [0.5, 0.6) is 0 Å². The Morgan fingerprint density at radius 1 is 1.26 bits per heavy atom. The lowest BCUT2D eigenvalue weighted by Gasteiger charge is -2.29. The summed E-state index contributed by atoms with van der Waals surface area (Å²) in [6.07, 6.45) is 0.0844. The molecule has 1 aliphatic rings. The average Bonchev–Trinajstić information content (AvgIpc) is 2.95. The molecule has 0 unspecified atom stereocenters. The zero-order valence-electron chi connectivity index (χ0n) is 15.9. The van der Waals surface area contributed by atoms with Gasteiger partial charge in [0.05, 0.1) is 17.1 Å². The first-order chi connectivity index (χ1) is 12.5. The number of anilines is 1.